The van der Waals surface area contributed by atoms with Gasteiger partial charge in [0.1, 0.15) is 0 Å². The van der Waals surface area contributed by atoms with E-state index in [1.54, 1.807) is 0 Å². The predicted octanol–water partition coefficient (Wildman–Crippen LogP) is 3.95. The molecular weight excluding hydrogens is 376 g/mol. The van der Waals surface area contributed by atoms with E-state index in [1.807, 2.05) is 59.2 Å². The number of nitrogens with zero attached hydrogens (tertiary/aromatic N) is 2. The Bertz CT molecular complexity index is 878. The number of nitrogens with one attached hydrogen (secondary N) is 2. The molecule has 1 unspecified atom stereocenters. The van der Waals surface area contributed by atoms with Crippen LogP contribution in [0.3, 0.4) is 0 Å². The van der Waals surface area contributed by atoms with Crippen LogP contribution >= 0.6 is 0 Å². The third-order valence-corrected chi connectivity index (χ3v) is 6.05. The Morgan fingerprint density at radius 2 is 1.57 bits per heavy atom. The first-order valence-corrected chi connectivity index (χ1v) is 10.8. The predicted molar refractivity (Wildman–Crippen MR) is 120 cm³/mol. The highest BCUT2D eigenvalue weighted by Crippen LogP contribution is 2.24. The molecule has 2 fully saturated rings. The van der Waals surface area contributed by atoms with Gasteiger partial charge in [0.25, 0.3) is 0 Å². The summed E-state index contributed by atoms with van der Waals surface area (Å²) < 4.78 is 0. The molecule has 0 aromatic heterocycles. The summed E-state index contributed by atoms with van der Waals surface area (Å²) in [6, 6.07) is 18.2. The van der Waals surface area contributed by atoms with Crippen LogP contribution in [0.25, 0.3) is 0 Å². The molecule has 2 aromatic rings. The Kier molecular flexibility index (Phi) is 6.21. The second kappa shape index (κ2) is 9.20. The van der Waals surface area contributed by atoms with Crippen LogP contribution in [0.5, 0.6) is 0 Å². The number of rotatable bonds is 4. The van der Waals surface area contributed by atoms with Crippen molar-refractivity contribution in [1.82, 2.24) is 9.80 Å². The van der Waals surface area contributed by atoms with Gasteiger partial charge in [-0.05, 0) is 56.0 Å². The molecule has 158 valence electrons. The number of amides is 3. The maximum atomic E-state index is 13.0. The average Bonchev–Trinajstić information content (AvgIpc) is 3.22. The fourth-order valence-electron chi connectivity index (χ4n) is 4.36. The number of hydrogen-bond acceptors (Lipinski definition) is 3. The number of benzene rings is 2. The molecule has 2 N–H and O–H groups in total. The summed E-state index contributed by atoms with van der Waals surface area (Å²) in [7, 11) is 0. The summed E-state index contributed by atoms with van der Waals surface area (Å²) in [5.41, 5.74) is 3.03. The van der Waals surface area contributed by atoms with E-state index in [9.17, 15) is 9.59 Å². The molecule has 0 saturated carbocycles. The number of likely N-dealkylation sites (tertiary alicyclic amines) is 2. The van der Waals surface area contributed by atoms with E-state index < -0.39 is 0 Å². The third-order valence-electron chi connectivity index (χ3n) is 6.05. The molecule has 0 bridgehead atoms. The van der Waals surface area contributed by atoms with Crippen molar-refractivity contribution in [2.75, 3.05) is 36.8 Å². The van der Waals surface area contributed by atoms with Crippen LogP contribution in [0.15, 0.2) is 54.6 Å². The largest absolute Gasteiger partial charge is 0.380 e. The lowest BCUT2D eigenvalue weighted by Gasteiger charge is -2.33. The Labute approximate surface area is 178 Å². The highest BCUT2D eigenvalue weighted by molar-refractivity contribution is 5.89. The molecule has 0 aliphatic carbocycles. The van der Waals surface area contributed by atoms with Crippen LogP contribution in [0.2, 0.25) is 0 Å². The number of anilines is 2. The summed E-state index contributed by atoms with van der Waals surface area (Å²) in [6.45, 7) is 4.80. The van der Waals surface area contributed by atoms with Crippen LogP contribution < -0.4 is 10.6 Å². The molecule has 6 nitrogen and oxygen atoms in total. The van der Waals surface area contributed by atoms with Gasteiger partial charge in [0, 0.05) is 49.5 Å². The van der Waals surface area contributed by atoms with Crippen molar-refractivity contribution >= 4 is 23.3 Å². The van der Waals surface area contributed by atoms with E-state index in [0.29, 0.717) is 19.1 Å². The standard InChI is InChI=1S/C24H30N4O2/c1-18-6-5-9-21(16-18)26-24(30)27-13-10-19(11-14-27)23(29)28-15-12-22(17-28)25-20-7-3-2-4-8-20/h2-9,16,19,22,25H,10-15,17H2,1H3,(H,26,30). The molecule has 0 radical (unpaired) electrons. The quantitative estimate of drug-likeness (QED) is 0.808. The van der Waals surface area contributed by atoms with Crippen LogP contribution in [-0.4, -0.2) is 54.0 Å². The number of carbonyl (C=O) groups excluding carboxylic acids is 2. The number of carbonyl (C=O) groups is 2. The van der Waals surface area contributed by atoms with Gasteiger partial charge in [-0.3, -0.25) is 4.79 Å². The maximum Gasteiger partial charge on any atom is 0.321 e. The number of para-hydroxylation sites is 1. The SMILES string of the molecule is Cc1cccc(NC(=O)N2CCC(C(=O)N3CCC(Nc4ccccc4)C3)CC2)c1. The third kappa shape index (κ3) is 4.93. The van der Waals surface area contributed by atoms with Crippen molar-refractivity contribution in [1.29, 1.82) is 0 Å². The van der Waals surface area contributed by atoms with Crippen molar-refractivity contribution in [3.8, 4) is 0 Å². The molecule has 2 aliphatic heterocycles. The Morgan fingerprint density at radius 1 is 0.867 bits per heavy atom. The van der Waals surface area contributed by atoms with Crippen LogP contribution in [-0.2, 0) is 4.79 Å². The highest BCUT2D eigenvalue weighted by Gasteiger charge is 2.33. The molecule has 1 atom stereocenters. The molecule has 0 spiro atoms. The maximum absolute atomic E-state index is 13.0. The van der Waals surface area contributed by atoms with Gasteiger partial charge in [-0.2, -0.15) is 0 Å². The van der Waals surface area contributed by atoms with E-state index in [0.717, 1.165) is 49.3 Å². The van der Waals surface area contributed by atoms with Crippen LogP contribution in [0.1, 0.15) is 24.8 Å². The zero-order chi connectivity index (χ0) is 20.9. The van der Waals surface area contributed by atoms with Gasteiger partial charge in [-0.15, -0.1) is 0 Å². The van der Waals surface area contributed by atoms with E-state index in [4.69, 9.17) is 0 Å². The highest BCUT2D eigenvalue weighted by atomic mass is 16.2. The fraction of sp³-hybridized carbons (Fsp3) is 0.417. The molecule has 2 aromatic carbocycles. The fourth-order valence-corrected chi connectivity index (χ4v) is 4.36. The van der Waals surface area contributed by atoms with Gasteiger partial charge in [0.15, 0.2) is 0 Å². The topological polar surface area (TPSA) is 64.7 Å². The first-order chi connectivity index (χ1) is 14.6. The Balaban J connectivity index is 1.24. The lowest BCUT2D eigenvalue weighted by Crippen LogP contribution is -2.45. The first kappa shape index (κ1) is 20.3. The summed E-state index contributed by atoms with van der Waals surface area (Å²) in [4.78, 5) is 29.3. The van der Waals surface area contributed by atoms with Crippen molar-refractivity contribution in [2.45, 2.75) is 32.2 Å². The van der Waals surface area contributed by atoms with E-state index in [1.165, 1.54) is 0 Å². The van der Waals surface area contributed by atoms with Gasteiger partial charge < -0.3 is 20.4 Å². The number of urea groups is 1. The minimum Gasteiger partial charge on any atom is -0.380 e. The van der Waals surface area contributed by atoms with Crippen molar-refractivity contribution in [3.63, 3.8) is 0 Å². The minimum atomic E-state index is -0.0835. The molecule has 3 amide bonds. The van der Waals surface area contributed by atoms with E-state index >= 15 is 0 Å². The van der Waals surface area contributed by atoms with Gasteiger partial charge in [-0.25, -0.2) is 4.79 Å². The summed E-state index contributed by atoms with van der Waals surface area (Å²) in [5, 5.41) is 6.49. The summed E-state index contributed by atoms with van der Waals surface area (Å²) >= 11 is 0. The Hall–Kier alpha value is -3.02. The second-order valence-electron chi connectivity index (χ2n) is 8.34. The Morgan fingerprint density at radius 3 is 2.30 bits per heavy atom. The first-order valence-electron chi connectivity index (χ1n) is 10.8. The summed E-state index contributed by atoms with van der Waals surface area (Å²) in [6.07, 6.45) is 2.43. The second-order valence-corrected chi connectivity index (χ2v) is 8.34. The van der Waals surface area contributed by atoms with E-state index in [2.05, 4.69) is 22.8 Å². The molecule has 2 saturated heterocycles. The smallest absolute Gasteiger partial charge is 0.321 e. The number of piperidine rings is 1. The van der Waals surface area contributed by atoms with Crippen molar-refractivity contribution in [3.05, 3.63) is 60.2 Å². The van der Waals surface area contributed by atoms with Crippen molar-refractivity contribution < 1.29 is 9.59 Å². The molecule has 30 heavy (non-hydrogen) atoms. The van der Waals surface area contributed by atoms with Gasteiger partial charge >= 0.3 is 6.03 Å². The average molecular weight is 407 g/mol. The zero-order valence-corrected chi connectivity index (χ0v) is 17.5. The minimum absolute atomic E-state index is 0.0171. The zero-order valence-electron chi connectivity index (χ0n) is 17.5. The van der Waals surface area contributed by atoms with Gasteiger partial charge in [0.05, 0.1) is 0 Å². The molecule has 4 rings (SSSR count). The monoisotopic (exact) mass is 406 g/mol. The van der Waals surface area contributed by atoms with Gasteiger partial charge in [-0.1, -0.05) is 30.3 Å². The summed E-state index contributed by atoms with van der Waals surface area (Å²) in [5.74, 6) is 0.259. The normalized spacial score (nSPS) is 19.6. The number of hydrogen-bond donors (Lipinski definition) is 2. The van der Waals surface area contributed by atoms with Crippen LogP contribution in [0, 0.1) is 12.8 Å². The van der Waals surface area contributed by atoms with Crippen LogP contribution in [0.4, 0.5) is 16.2 Å². The molecule has 2 heterocycles. The lowest BCUT2D eigenvalue weighted by molar-refractivity contribution is -0.135. The van der Waals surface area contributed by atoms with E-state index in [-0.39, 0.29) is 17.9 Å². The number of aryl methyl sites for hydroxylation is 1. The molecule has 6 heteroatoms. The lowest BCUT2D eigenvalue weighted by atomic mass is 9.95. The van der Waals surface area contributed by atoms with Crippen molar-refractivity contribution in [2.24, 2.45) is 5.92 Å². The molecular formula is C24H30N4O2. The molecule has 2 aliphatic rings. The van der Waals surface area contributed by atoms with Gasteiger partial charge in [0.2, 0.25) is 5.91 Å².